The van der Waals surface area contributed by atoms with Crippen molar-refractivity contribution in [2.45, 2.75) is 26.0 Å². The maximum atomic E-state index is 13.1. The number of aliphatic hydroxyl groups is 1. The topological polar surface area (TPSA) is 120 Å². The van der Waals surface area contributed by atoms with Crippen LogP contribution in [0, 0.1) is 6.92 Å². The number of β-amino-alcohol motifs (C(OH)–C–C–N with tert-alkyl or cyclic N) is 1. The van der Waals surface area contributed by atoms with Crippen LogP contribution in [0.5, 0.6) is 0 Å². The number of rotatable bonds is 8. The number of nitrogens with one attached hydrogen (secondary N) is 2. The number of anilines is 3. The lowest BCUT2D eigenvalue weighted by molar-refractivity contribution is 0.102. The van der Waals surface area contributed by atoms with E-state index in [1.807, 2.05) is 49.4 Å². The van der Waals surface area contributed by atoms with Crippen LogP contribution in [-0.2, 0) is 6.54 Å². The van der Waals surface area contributed by atoms with Crippen LogP contribution in [0.2, 0.25) is 5.02 Å². The minimum atomic E-state index is -0.360. The van der Waals surface area contributed by atoms with Gasteiger partial charge in [0.25, 0.3) is 5.91 Å². The monoisotopic (exact) mass is 592 g/mol. The first-order valence-corrected chi connectivity index (χ1v) is 14.3. The molecule has 1 fully saturated rings. The lowest BCUT2D eigenvalue weighted by atomic mass is 9.98. The van der Waals surface area contributed by atoms with Gasteiger partial charge < -0.3 is 15.7 Å². The van der Waals surface area contributed by atoms with Crippen molar-refractivity contribution in [3.63, 3.8) is 0 Å². The second kappa shape index (κ2) is 12.3. The average Bonchev–Trinajstić information content (AvgIpc) is 3.43. The molecule has 1 saturated heterocycles. The molecule has 6 rings (SSSR count). The Morgan fingerprint density at radius 3 is 2.60 bits per heavy atom. The maximum absolute atomic E-state index is 13.1. The maximum Gasteiger partial charge on any atom is 0.274 e. The van der Waals surface area contributed by atoms with Gasteiger partial charge in [0.1, 0.15) is 11.2 Å². The van der Waals surface area contributed by atoms with E-state index in [0.29, 0.717) is 40.7 Å². The summed E-state index contributed by atoms with van der Waals surface area (Å²) in [5, 5.41) is 17.2. The van der Waals surface area contributed by atoms with Gasteiger partial charge in [-0.2, -0.15) is 0 Å². The number of nitrogens with zero attached hydrogens (tertiary/aromatic N) is 4. The number of hydrogen-bond acceptors (Lipinski definition) is 8. The molecule has 1 atom stereocenters. The van der Waals surface area contributed by atoms with Crippen LogP contribution in [0.1, 0.15) is 38.4 Å². The van der Waals surface area contributed by atoms with E-state index in [2.05, 4.69) is 30.5 Å². The summed E-state index contributed by atoms with van der Waals surface area (Å²) in [5.74, 6) is 0.209. The zero-order valence-electron chi connectivity index (χ0n) is 23.4. The van der Waals surface area contributed by atoms with Crippen LogP contribution in [0.4, 0.5) is 17.2 Å². The molecule has 1 aliphatic heterocycles. The number of amides is 1. The quantitative estimate of drug-likeness (QED) is 0.187. The van der Waals surface area contributed by atoms with Gasteiger partial charge in [-0.15, -0.1) is 0 Å². The number of fused-ring (bicyclic) bond motifs is 1. The molecule has 0 unspecified atom stereocenters. The van der Waals surface area contributed by atoms with Gasteiger partial charge in [-0.1, -0.05) is 41.9 Å². The minimum absolute atomic E-state index is 0.279. The molecule has 43 heavy (non-hydrogen) atoms. The predicted octanol–water partition coefficient (Wildman–Crippen LogP) is 6.03. The highest BCUT2D eigenvalue weighted by Gasteiger charge is 2.20. The largest absolute Gasteiger partial charge is 0.392 e. The van der Waals surface area contributed by atoms with E-state index < -0.39 is 0 Å². The molecule has 5 aromatic rings. The molecule has 0 spiro atoms. The van der Waals surface area contributed by atoms with Crippen LogP contribution in [0.25, 0.3) is 22.0 Å². The summed E-state index contributed by atoms with van der Waals surface area (Å²) in [5.41, 5.74) is 6.28. The zero-order valence-corrected chi connectivity index (χ0v) is 24.2. The molecule has 3 aromatic heterocycles. The fourth-order valence-electron chi connectivity index (χ4n) is 5.31. The van der Waals surface area contributed by atoms with E-state index in [-0.39, 0.29) is 17.7 Å². The van der Waals surface area contributed by atoms with Gasteiger partial charge in [-0.25, -0.2) is 4.98 Å². The first kappa shape index (κ1) is 28.4. The van der Waals surface area contributed by atoms with E-state index in [1.165, 1.54) is 6.20 Å². The van der Waals surface area contributed by atoms with Crippen molar-refractivity contribution in [3.05, 3.63) is 107 Å². The van der Waals surface area contributed by atoms with E-state index in [9.17, 15) is 14.7 Å². The molecule has 216 valence electrons. The van der Waals surface area contributed by atoms with Gasteiger partial charge in [0, 0.05) is 60.4 Å². The predicted molar refractivity (Wildman–Crippen MR) is 168 cm³/mol. The number of likely N-dealkylation sites (tertiary alicyclic amines) is 1. The average molecular weight is 593 g/mol. The first-order chi connectivity index (χ1) is 20.9. The number of benzene rings is 2. The SMILES string of the molecule is Cc1c(Nc2nccc3cc(C=O)cnc23)cccc1-c1cccc(NC(=O)c2ccc(CN3CC[C@@H](O)C3)cn2)c1Cl. The summed E-state index contributed by atoms with van der Waals surface area (Å²) in [6, 6.07) is 18.5. The van der Waals surface area contributed by atoms with Crippen molar-refractivity contribution in [2.24, 2.45) is 0 Å². The van der Waals surface area contributed by atoms with Crippen molar-refractivity contribution < 1.29 is 14.7 Å². The van der Waals surface area contributed by atoms with Crippen LogP contribution in [-0.4, -0.2) is 56.3 Å². The Balaban J connectivity index is 1.21. The summed E-state index contributed by atoms with van der Waals surface area (Å²) in [4.78, 5) is 39.7. The molecule has 0 aliphatic carbocycles. The summed E-state index contributed by atoms with van der Waals surface area (Å²) in [7, 11) is 0. The van der Waals surface area contributed by atoms with Crippen LogP contribution in [0.3, 0.4) is 0 Å². The van der Waals surface area contributed by atoms with Crippen molar-refractivity contribution in [3.8, 4) is 11.1 Å². The Morgan fingerprint density at radius 2 is 1.86 bits per heavy atom. The second-order valence-corrected chi connectivity index (χ2v) is 10.9. The van der Waals surface area contributed by atoms with Crippen LogP contribution in [0.15, 0.2) is 79.3 Å². The molecule has 4 heterocycles. The minimum Gasteiger partial charge on any atom is -0.392 e. The molecular formula is C33H29ClN6O3. The van der Waals surface area contributed by atoms with Crippen molar-refractivity contribution >= 4 is 51.9 Å². The molecule has 10 heteroatoms. The number of carbonyl (C=O) groups is 2. The van der Waals surface area contributed by atoms with E-state index in [4.69, 9.17) is 11.6 Å². The number of aliphatic hydroxyl groups excluding tert-OH is 1. The Hall–Kier alpha value is -4.70. The molecule has 0 radical (unpaired) electrons. The van der Waals surface area contributed by atoms with Crippen LogP contribution >= 0.6 is 11.6 Å². The number of hydrogen-bond donors (Lipinski definition) is 3. The highest BCUT2D eigenvalue weighted by molar-refractivity contribution is 6.36. The molecule has 2 aromatic carbocycles. The molecular weight excluding hydrogens is 564 g/mol. The lowest BCUT2D eigenvalue weighted by Gasteiger charge is -2.16. The Kier molecular flexibility index (Phi) is 8.11. The number of pyridine rings is 3. The van der Waals surface area contributed by atoms with Gasteiger partial charge in [-0.05, 0) is 60.4 Å². The third-order valence-electron chi connectivity index (χ3n) is 7.59. The number of carbonyl (C=O) groups excluding carboxylic acids is 2. The summed E-state index contributed by atoms with van der Waals surface area (Å²) in [6.07, 6.45) is 6.15. The van der Waals surface area contributed by atoms with E-state index in [0.717, 1.165) is 52.6 Å². The van der Waals surface area contributed by atoms with Gasteiger partial charge in [0.2, 0.25) is 0 Å². The van der Waals surface area contributed by atoms with Crippen LogP contribution < -0.4 is 10.6 Å². The number of aldehydes is 1. The number of aromatic nitrogens is 3. The van der Waals surface area contributed by atoms with Crippen molar-refractivity contribution in [1.82, 2.24) is 19.9 Å². The summed E-state index contributed by atoms with van der Waals surface area (Å²) >= 11 is 6.87. The third kappa shape index (κ3) is 6.10. The van der Waals surface area contributed by atoms with Gasteiger partial charge in [-0.3, -0.25) is 24.5 Å². The number of halogens is 1. The van der Waals surface area contributed by atoms with Gasteiger partial charge in [0.15, 0.2) is 12.1 Å². The Morgan fingerprint density at radius 1 is 1.05 bits per heavy atom. The Labute approximate surface area is 253 Å². The zero-order chi connectivity index (χ0) is 29.9. The molecule has 3 N–H and O–H groups in total. The molecule has 0 bridgehead atoms. The standard InChI is InChI=1S/C33H29ClN6O3/c1-20-25(4-2-6-27(20)38-32-31-23(10-12-35-32)14-22(19-41)16-37-31)26-5-3-7-28(30(26)34)39-33(43)29-9-8-21(15-36-29)17-40-13-11-24(42)18-40/h2-10,12,14-16,19,24,42H,11,13,17-18H2,1H3,(H,35,38)(H,39,43)/t24-/m1/s1. The normalized spacial score (nSPS) is 15.0. The van der Waals surface area contributed by atoms with E-state index in [1.54, 1.807) is 30.6 Å². The lowest BCUT2D eigenvalue weighted by Crippen LogP contribution is -2.21. The highest BCUT2D eigenvalue weighted by atomic mass is 35.5. The van der Waals surface area contributed by atoms with Crippen molar-refractivity contribution in [2.75, 3.05) is 23.7 Å². The third-order valence-corrected chi connectivity index (χ3v) is 8.00. The molecule has 1 amide bonds. The smallest absolute Gasteiger partial charge is 0.274 e. The Bertz CT molecular complexity index is 1830. The highest BCUT2D eigenvalue weighted by Crippen LogP contribution is 2.38. The van der Waals surface area contributed by atoms with E-state index >= 15 is 0 Å². The molecule has 0 saturated carbocycles. The fourth-order valence-corrected chi connectivity index (χ4v) is 5.59. The second-order valence-electron chi connectivity index (χ2n) is 10.6. The summed E-state index contributed by atoms with van der Waals surface area (Å²) < 4.78 is 0. The van der Waals surface area contributed by atoms with Gasteiger partial charge in [0.05, 0.1) is 16.8 Å². The van der Waals surface area contributed by atoms with Gasteiger partial charge >= 0.3 is 0 Å². The summed E-state index contributed by atoms with van der Waals surface area (Å²) in [6.45, 7) is 4.16. The van der Waals surface area contributed by atoms with Crippen molar-refractivity contribution in [1.29, 1.82) is 0 Å². The first-order valence-electron chi connectivity index (χ1n) is 13.9. The fraction of sp³-hybridized carbons (Fsp3) is 0.182. The molecule has 9 nitrogen and oxygen atoms in total. The molecule has 1 aliphatic rings.